The smallest absolute Gasteiger partial charge is 0.262 e. The van der Waals surface area contributed by atoms with E-state index in [1.165, 1.54) is 11.1 Å². The van der Waals surface area contributed by atoms with Crippen LogP contribution in [0.15, 0.2) is 41.4 Å². The Balaban J connectivity index is 1.21. The number of hydrazine groups is 1. The molecule has 0 radical (unpaired) electrons. The van der Waals surface area contributed by atoms with Gasteiger partial charge in [0, 0.05) is 25.2 Å². The zero-order valence-corrected chi connectivity index (χ0v) is 18.6. The van der Waals surface area contributed by atoms with Crippen molar-refractivity contribution in [2.75, 3.05) is 37.5 Å². The maximum Gasteiger partial charge on any atom is 0.262 e. The van der Waals surface area contributed by atoms with Gasteiger partial charge >= 0.3 is 0 Å². The Bertz CT molecular complexity index is 1190. The van der Waals surface area contributed by atoms with Crippen molar-refractivity contribution in [1.82, 2.24) is 15.8 Å². The highest BCUT2D eigenvalue weighted by molar-refractivity contribution is 6.19. The summed E-state index contributed by atoms with van der Waals surface area (Å²) in [6.45, 7) is 1.42. The summed E-state index contributed by atoms with van der Waals surface area (Å²) in [5.41, 5.74) is 11.0. The number of guanidine groups is 1. The number of anilines is 2. The van der Waals surface area contributed by atoms with E-state index in [2.05, 4.69) is 33.3 Å². The summed E-state index contributed by atoms with van der Waals surface area (Å²) in [7, 11) is 3.41. The predicted octanol–water partition coefficient (Wildman–Crippen LogP) is 1.68. The predicted molar refractivity (Wildman–Crippen MR) is 124 cm³/mol. The van der Waals surface area contributed by atoms with Crippen molar-refractivity contribution in [3.63, 3.8) is 0 Å². The molecule has 0 spiro atoms. The summed E-state index contributed by atoms with van der Waals surface area (Å²) in [5, 5.41) is 3.02. The van der Waals surface area contributed by atoms with Crippen molar-refractivity contribution in [2.45, 2.75) is 24.9 Å². The summed E-state index contributed by atoms with van der Waals surface area (Å²) in [5.74, 6) is 1.46. The van der Waals surface area contributed by atoms with E-state index in [9.17, 15) is 9.59 Å². The van der Waals surface area contributed by atoms with Gasteiger partial charge in [0.25, 0.3) is 5.91 Å². The monoisotopic (exact) mass is 446 g/mol. The molecule has 3 unspecified atom stereocenters. The number of methoxy groups -OCH3 is 1. The van der Waals surface area contributed by atoms with E-state index in [0.29, 0.717) is 23.8 Å². The first-order valence-corrected chi connectivity index (χ1v) is 11.3. The molecule has 1 aliphatic carbocycles. The minimum atomic E-state index is -0.364. The third kappa shape index (κ3) is 3.11. The molecule has 0 aromatic heterocycles. The number of carbonyl (C=O) groups excluding carboxylic acids is 2. The standard InChI is InChI=1S/C24H26N6O3/c1-29-23(32)18-12-14(4-8-19(18)30-10-9-25-24(29)30)26-22(31)21-17-6-3-13-11-15(33-2)5-7-16(13)20(17)27-28-21/h4-5,7-8,11-12,17,20-21,27-28H,3,6,9-10H2,1-2H3,(H,26,31). The second-order valence-electron chi connectivity index (χ2n) is 8.93. The van der Waals surface area contributed by atoms with E-state index >= 15 is 0 Å². The molecule has 6 rings (SSSR count). The molecule has 4 aliphatic rings. The Kier molecular flexibility index (Phi) is 4.63. The number of amides is 2. The molecule has 2 aromatic carbocycles. The molecule has 1 fully saturated rings. The summed E-state index contributed by atoms with van der Waals surface area (Å²) in [4.78, 5) is 34.1. The first kappa shape index (κ1) is 20.2. The summed E-state index contributed by atoms with van der Waals surface area (Å²) < 4.78 is 5.36. The van der Waals surface area contributed by atoms with Crippen LogP contribution in [-0.4, -0.2) is 56.0 Å². The van der Waals surface area contributed by atoms with Crippen molar-refractivity contribution < 1.29 is 14.3 Å². The van der Waals surface area contributed by atoms with Gasteiger partial charge in [-0.25, -0.2) is 10.9 Å². The second kappa shape index (κ2) is 7.57. The van der Waals surface area contributed by atoms with Gasteiger partial charge in [0.1, 0.15) is 11.8 Å². The molecule has 3 atom stereocenters. The van der Waals surface area contributed by atoms with E-state index in [-0.39, 0.29) is 29.8 Å². The van der Waals surface area contributed by atoms with E-state index in [1.54, 1.807) is 25.1 Å². The minimum absolute atomic E-state index is 0.0713. The van der Waals surface area contributed by atoms with Crippen LogP contribution in [0.25, 0.3) is 0 Å². The van der Waals surface area contributed by atoms with Crippen LogP contribution in [-0.2, 0) is 11.2 Å². The topological polar surface area (TPSA) is 98.3 Å². The van der Waals surface area contributed by atoms with Crippen LogP contribution in [0, 0.1) is 5.92 Å². The lowest BCUT2D eigenvalue weighted by Gasteiger charge is -2.33. The Labute approximate surface area is 191 Å². The van der Waals surface area contributed by atoms with Crippen molar-refractivity contribution in [1.29, 1.82) is 0 Å². The van der Waals surface area contributed by atoms with Gasteiger partial charge in [0.2, 0.25) is 11.9 Å². The zero-order valence-electron chi connectivity index (χ0n) is 18.6. The molecular weight excluding hydrogens is 420 g/mol. The molecule has 9 nitrogen and oxygen atoms in total. The maximum atomic E-state index is 13.2. The second-order valence-corrected chi connectivity index (χ2v) is 8.93. The van der Waals surface area contributed by atoms with Crippen LogP contribution in [0.3, 0.4) is 0 Å². The van der Waals surface area contributed by atoms with Crippen LogP contribution in [0.2, 0.25) is 0 Å². The molecular formula is C24H26N6O3. The summed E-state index contributed by atoms with van der Waals surface area (Å²) >= 11 is 0. The molecule has 3 N–H and O–H groups in total. The van der Waals surface area contributed by atoms with Gasteiger partial charge in [-0.2, -0.15) is 0 Å². The van der Waals surface area contributed by atoms with Gasteiger partial charge in [0.15, 0.2) is 0 Å². The maximum absolute atomic E-state index is 13.2. The van der Waals surface area contributed by atoms with Crippen LogP contribution in [0.1, 0.15) is 33.9 Å². The van der Waals surface area contributed by atoms with E-state index < -0.39 is 0 Å². The molecule has 3 heterocycles. The lowest BCUT2D eigenvalue weighted by atomic mass is 9.77. The van der Waals surface area contributed by atoms with Gasteiger partial charge in [-0.15, -0.1) is 0 Å². The molecule has 2 aromatic rings. The van der Waals surface area contributed by atoms with Crippen LogP contribution in [0.5, 0.6) is 5.75 Å². The number of nitrogens with zero attached hydrogens (tertiary/aromatic N) is 3. The lowest BCUT2D eigenvalue weighted by molar-refractivity contribution is -0.118. The van der Waals surface area contributed by atoms with Crippen LogP contribution >= 0.6 is 0 Å². The third-order valence-corrected chi connectivity index (χ3v) is 7.17. The minimum Gasteiger partial charge on any atom is -0.497 e. The molecule has 0 bridgehead atoms. The Hall–Kier alpha value is -3.43. The SMILES string of the molecule is COc1ccc2c(c1)CCC1C(C(=O)Nc3ccc4c(c3)C(=O)N(C)C3=NCCN34)NNC21. The number of aliphatic imine (C=N–C) groups is 1. The van der Waals surface area contributed by atoms with Crippen LogP contribution in [0.4, 0.5) is 11.4 Å². The first-order valence-electron chi connectivity index (χ1n) is 11.3. The number of hydrogen-bond acceptors (Lipinski definition) is 7. The number of rotatable bonds is 3. The number of benzene rings is 2. The van der Waals surface area contributed by atoms with Gasteiger partial charge in [-0.1, -0.05) is 6.07 Å². The molecule has 1 saturated heterocycles. The summed E-state index contributed by atoms with van der Waals surface area (Å²) in [6, 6.07) is 11.4. The number of hydrogen-bond donors (Lipinski definition) is 3. The highest BCUT2D eigenvalue weighted by Gasteiger charge is 2.43. The average Bonchev–Trinajstić information content (AvgIpc) is 3.50. The first-order chi connectivity index (χ1) is 16.0. The fourth-order valence-electron chi connectivity index (χ4n) is 5.50. The molecule has 2 amide bonds. The molecule has 9 heteroatoms. The van der Waals surface area contributed by atoms with Crippen molar-refractivity contribution in [3.05, 3.63) is 53.1 Å². The Morgan fingerprint density at radius 1 is 1.21 bits per heavy atom. The van der Waals surface area contributed by atoms with Gasteiger partial charge in [-0.3, -0.25) is 19.5 Å². The lowest BCUT2D eigenvalue weighted by Crippen LogP contribution is -2.48. The van der Waals surface area contributed by atoms with Crippen molar-refractivity contribution >= 4 is 29.1 Å². The van der Waals surface area contributed by atoms with Crippen molar-refractivity contribution in [2.24, 2.45) is 10.9 Å². The normalized spacial score (nSPS) is 25.1. The molecule has 0 saturated carbocycles. The highest BCUT2D eigenvalue weighted by Crippen LogP contribution is 2.40. The summed E-state index contributed by atoms with van der Waals surface area (Å²) in [6.07, 6.45) is 1.80. The Morgan fingerprint density at radius 3 is 2.94 bits per heavy atom. The largest absolute Gasteiger partial charge is 0.497 e. The zero-order chi connectivity index (χ0) is 22.7. The number of carbonyl (C=O) groups is 2. The van der Waals surface area contributed by atoms with Crippen molar-refractivity contribution in [3.8, 4) is 5.75 Å². The number of nitrogens with one attached hydrogen (secondary N) is 3. The van der Waals surface area contributed by atoms with Gasteiger partial charge < -0.3 is 15.0 Å². The molecule has 3 aliphatic heterocycles. The Morgan fingerprint density at radius 2 is 2.09 bits per heavy atom. The quantitative estimate of drug-likeness (QED) is 0.664. The van der Waals surface area contributed by atoms with E-state index in [1.807, 2.05) is 23.1 Å². The van der Waals surface area contributed by atoms with Gasteiger partial charge in [-0.05, 0) is 54.3 Å². The van der Waals surface area contributed by atoms with E-state index in [4.69, 9.17) is 4.74 Å². The fraction of sp³-hybridized carbons (Fsp3) is 0.375. The molecule has 170 valence electrons. The average molecular weight is 447 g/mol. The van der Waals surface area contributed by atoms with Crippen LogP contribution < -0.4 is 25.8 Å². The van der Waals surface area contributed by atoms with Gasteiger partial charge in [0.05, 0.1) is 30.9 Å². The van der Waals surface area contributed by atoms with E-state index in [0.717, 1.165) is 30.8 Å². The number of fused-ring (bicyclic) bond motifs is 6. The molecule has 33 heavy (non-hydrogen) atoms. The highest BCUT2D eigenvalue weighted by atomic mass is 16.5. The number of aryl methyl sites for hydroxylation is 1. The fourth-order valence-corrected chi connectivity index (χ4v) is 5.50. The third-order valence-electron chi connectivity index (χ3n) is 7.17. The number of ether oxygens (including phenoxy) is 1.